The van der Waals surface area contributed by atoms with E-state index in [1.807, 2.05) is 31.2 Å². The molecule has 28 heavy (non-hydrogen) atoms. The second kappa shape index (κ2) is 8.23. The Morgan fingerprint density at radius 3 is 2.50 bits per heavy atom. The molecule has 1 heterocycles. The van der Waals surface area contributed by atoms with Gasteiger partial charge < -0.3 is 10.1 Å². The van der Waals surface area contributed by atoms with Crippen LogP contribution in [0.4, 0.5) is 0 Å². The van der Waals surface area contributed by atoms with E-state index in [0.29, 0.717) is 13.0 Å². The summed E-state index contributed by atoms with van der Waals surface area (Å²) >= 11 is 0. The minimum absolute atomic E-state index is 0.166. The molecule has 0 radical (unpaired) electrons. The lowest BCUT2D eigenvalue weighted by molar-refractivity contribution is 0.414. The summed E-state index contributed by atoms with van der Waals surface area (Å²) in [5.74, 6) is 0.238. The monoisotopic (exact) mass is 423 g/mol. The molecule has 8 heteroatoms. The molecule has 1 N–H and O–H groups in total. The molecule has 2 aromatic carbocycles. The van der Waals surface area contributed by atoms with Crippen LogP contribution in [0.5, 0.6) is 5.75 Å². The largest absolute Gasteiger partial charge is 0.497 e. The van der Waals surface area contributed by atoms with Gasteiger partial charge in [0, 0.05) is 6.04 Å². The molecule has 0 spiro atoms. The third kappa shape index (κ3) is 4.74. The van der Waals surface area contributed by atoms with Crippen molar-refractivity contribution < 1.29 is 21.6 Å². The highest BCUT2D eigenvalue weighted by molar-refractivity contribution is 7.96. The van der Waals surface area contributed by atoms with Gasteiger partial charge in [-0.15, -0.1) is 0 Å². The molecule has 1 saturated heterocycles. The van der Waals surface area contributed by atoms with E-state index >= 15 is 0 Å². The lowest BCUT2D eigenvalue weighted by Crippen LogP contribution is -2.44. The maximum absolute atomic E-state index is 13.0. The number of sulfone groups is 2. The summed E-state index contributed by atoms with van der Waals surface area (Å²) < 4.78 is 55.6. The summed E-state index contributed by atoms with van der Waals surface area (Å²) in [4.78, 5) is 0.166. The van der Waals surface area contributed by atoms with Crippen molar-refractivity contribution in [3.8, 4) is 5.75 Å². The van der Waals surface area contributed by atoms with E-state index in [1.165, 1.54) is 0 Å². The van der Waals surface area contributed by atoms with Crippen molar-refractivity contribution in [2.24, 2.45) is 0 Å². The number of methoxy groups -OCH3 is 1. The number of ether oxygens (including phenoxy) is 1. The molecule has 0 bridgehead atoms. The number of aryl methyl sites for hydroxylation is 1. The predicted octanol–water partition coefficient (Wildman–Crippen LogP) is 1.78. The van der Waals surface area contributed by atoms with Crippen LogP contribution in [0.1, 0.15) is 11.1 Å². The van der Waals surface area contributed by atoms with E-state index in [4.69, 9.17) is 4.74 Å². The number of hydrogen-bond acceptors (Lipinski definition) is 6. The zero-order valence-corrected chi connectivity index (χ0v) is 17.6. The molecular weight excluding hydrogens is 398 g/mol. The molecule has 0 saturated carbocycles. The summed E-state index contributed by atoms with van der Waals surface area (Å²) in [5.41, 5.74) is 1.98. The van der Waals surface area contributed by atoms with Crippen molar-refractivity contribution in [2.75, 3.05) is 25.2 Å². The Bertz CT molecular complexity index is 1030. The van der Waals surface area contributed by atoms with Gasteiger partial charge in [-0.3, -0.25) is 0 Å². The summed E-state index contributed by atoms with van der Waals surface area (Å²) in [6.45, 7) is 2.35. The average molecular weight is 424 g/mol. The molecular formula is C20H25NO5S2. The van der Waals surface area contributed by atoms with Crippen LogP contribution in [0.3, 0.4) is 0 Å². The first-order valence-corrected chi connectivity index (χ1v) is 12.5. The van der Waals surface area contributed by atoms with E-state index in [9.17, 15) is 16.8 Å². The second-order valence-corrected chi connectivity index (χ2v) is 11.5. The Labute approximate surface area is 166 Å². The third-order valence-corrected chi connectivity index (χ3v) is 9.17. The topological polar surface area (TPSA) is 89.5 Å². The molecule has 2 atom stereocenters. The van der Waals surface area contributed by atoms with E-state index in [2.05, 4.69) is 5.32 Å². The Morgan fingerprint density at radius 2 is 1.82 bits per heavy atom. The fraction of sp³-hybridized carbons (Fsp3) is 0.400. The molecule has 3 rings (SSSR count). The first-order chi connectivity index (χ1) is 13.2. The first kappa shape index (κ1) is 20.8. The van der Waals surface area contributed by atoms with Crippen LogP contribution in [0.15, 0.2) is 53.4 Å². The molecule has 1 aliphatic heterocycles. The molecule has 2 aromatic rings. The molecule has 0 aromatic heterocycles. The number of nitrogens with one attached hydrogen (secondary N) is 1. The van der Waals surface area contributed by atoms with Gasteiger partial charge in [0.1, 0.15) is 5.75 Å². The third-order valence-electron chi connectivity index (χ3n) is 5.00. The SMILES string of the molecule is COc1cccc(CCN[C@H]2CS(=O)(=O)C[C@@H]2S(=O)(=O)c2ccc(C)cc2)c1. The molecule has 1 fully saturated rings. The second-order valence-electron chi connectivity index (χ2n) is 7.14. The maximum Gasteiger partial charge on any atom is 0.183 e. The number of hydrogen-bond donors (Lipinski definition) is 1. The van der Waals surface area contributed by atoms with Crippen LogP contribution in [-0.2, 0) is 26.1 Å². The van der Waals surface area contributed by atoms with E-state index in [0.717, 1.165) is 16.9 Å². The number of rotatable bonds is 7. The van der Waals surface area contributed by atoms with Crippen molar-refractivity contribution in [1.29, 1.82) is 0 Å². The maximum atomic E-state index is 13.0. The van der Waals surface area contributed by atoms with Gasteiger partial charge in [0.05, 0.1) is 28.8 Å². The van der Waals surface area contributed by atoms with Gasteiger partial charge >= 0.3 is 0 Å². The Kier molecular flexibility index (Phi) is 6.12. The molecule has 0 aliphatic carbocycles. The van der Waals surface area contributed by atoms with Crippen LogP contribution >= 0.6 is 0 Å². The Hall–Kier alpha value is -1.90. The highest BCUT2D eigenvalue weighted by Crippen LogP contribution is 2.26. The summed E-state index contributed by atoms with van der Waals surface area (Å²) in [5, 5.41) is 2.18. The van der Waals surface area contributed by atoms with Crippen LogP contribution < -0.4 is 10.1 Å². The summed E-state index contributed by atoms with van der Waals surface area (Å²) in [6.07, 6.45) is 0.644. The van der Waals surface area contributed by atoms with Crippen molar-refractivity contribution in [2.45, 2.75) is 29.5 Å². The Morgan fingerprint density at radius 1 is 1.11 bits per heavy atom. The Balaban J connectivity index is 1.74. The number of benzene rings is 2. The lowest BCUT2D eigenvalue weighted by atomic mass is 10.1. The van der Waals surface area contributed by atoms with Crippen LogP contribution in [0.2, 0.25) is 0 Å². The molecule has 1 aliphatic rings. The van der Waals surface area contributed by atoms with Crippen molar-refractivity contribution in [3.63, 3.8) is 0 Å². The zero-order chi connectivity index (χ0) is 20.4. The normalized spacial score (nSPS) is 21.5. The molecule has 0 amide bonds. The lowest BCUT2D eigenvalue weighted by Gasteiger charge is -2.20. The van der Waals surface area contributed by atoms with Gasteiger partial charge in [-0.1, -0.05) is 29.8 Å². The van der Waals surface area contributed by atoms with Crippen molar-refractivity contribution in [3.05, 3.63) is 59.7 Å². The fourth-order valence-corrected chi connectivity index (χ4v) is 8.16. The highest BCUT2D eigenvalue weighted by Gasteiger charge is 2.45. The van der Waals surface area contributed by atoms with Gasteiger partial charge in [0.2, 0.25) is 0 Å². The van der Waals surface area contributed by atoms with Gasteiger partial charge in [-0.05, 0) is 49.7 Å². The van der Waals surface area contributed by atoms with Crippen molar-refractivity contribution in [1.82, 2.24) is 5.32 Å². The smallest absolute Gasteiger partial charge is 0.183 e. The van der Waals surface area contributed by atoms with Gasteiger partial charge in [-0.2, -0.15) is 0 Å². The van der Waals surface area contributed by atoms with Crippen LogP contribution in [0.25, 0.3) is 0 Å². The van der Waals surface area contributed by atoms with Crippen LogP contribution in [0, 0.1) is 6.92 Å². The van der Waals surface area contributed by atoms with Crippen LogP contribution in [-0.4, -0.2) is 53.3 Å². The van der Waals surface area contributed by atoms with E-state index in [-0.39, 0.29) is 16.4 Å². The fourth-order valence-electron chi connectivity index (χ4n) is 3.44. The van der Waals surface area contributed by atoms with Gasteiger partial charge in [0.15, 0.2) is 19.7 Å². The van der Waals surface area contributed by atoms with E-state index in [1.54, 1.807) is 31.4 Å². The van der Waals surface area contributed by atoms with Gasteiger partial charge in [0.25, 0.3) is 0 Å². The minimum Gasteiger partial charge on any atom is -0.497 e. The molecule has 0 unspecified atom stereocenters. The van der Waals surface area contributed by atoms with Gasteiger partial charge in [-0.25, -0.2) is 16.8 Å². The quantitative estimate of drug-likeness (QED) is 0.730. The standard InChI is InChI=1S/C20H25NO5S2/c1-15-6-8-18(9-7-15)28(24,25)20-14-27(22,23)13-19(20)21-11-10-16-4-3-5-17(12-16)26-2/h3-9,12,19-21H,10-11,13-14H2,1-2H3/t19-,20-/m0/s1. The van der Waals surface area contributed by atoms with Crippen molar-refractivity contribution >= 4 is 19.7 Å². The van der Waals surface area contributed by atoms with E-state index < -0.39 is 31.0 Å². The highest BCUT2D eigenvalue weighted by atomic mass is 32.2. The molecule has 152 valence electrons. The minimum atomic E-state index is -3.74. The average Bonchev–Trinajstić information content (AvgIpc) is 2.97. The molecule has 6 nitrogen and oxygen atoms in total. The summed E-state index contributed by atoms with van der Waals surface area (Å²) in [6, 6.07) is 13.5. The summed E-state index contributed by atoms with van der Waals surface area (Å²) in [7, 11) is -5.56. The first-order valence-electron chi connectivity index (χ1n) is 9.08. The zero-order valence-electron chi connectivity index (χ0n) is 16.0. The predicted molar refractivity (Wildman–Crippen MR) is 109 cm³/mol.